The van der Waals surface area contributed by atoms with Crippen molar-refractivity contribution in [1.29, 1.82) is 0 Å². The fraction of sp³-hybridized carbons (Fsp3) is 0.929. The molecule has 2 aliphatic heterocycles. The third kappa shape index (κ3) is 1.82. The van der Waals surface area contributed by atoms with Crippen LogP contribution in [0, 0.1) is 5.41 Å². The average molecular weight is 266 g/mol. The summed E-state index contributed by atoms with van der Waals surface area (Å²) in [5, 5.41) is 0. The van der Waals surface area contributed by atoms with Gasteiger partial charge in [-0.1, -0.05) is 0 Å². The fourth-order valence-corrected chi connectivity index (χ4v) is 3.47. The van der Waals surface area contributed by atoms with Crippen molar-refractivity contribution in [3.05, 3.63) is 0 Å². The van der Waals surface area contributed by atoms with E-state index in [1.807, 2.05) is 0 Å². The van der Waals surface area contributed by atoms with Crippen molar-refractivity contribution in [1.82, 2.24) is 0 Å². The summed E-state index contributed by atoms with van der Waals surface area (Å²) in [5.41, 5.74) is -0.870. The molecule has 0 aromatic carbocycles. The van der Waals surface area contributed by atoms with Gasteiger partial charge in [0, 0.05) is 30.9 Å². The van der Waals surface area contributed by atoms with E-state index in [2.05, 4.69) is 27.7 Å². The quantitative estimate of drug-likeness (QED) is 0.682. The van der Waals surface area contributed by atoms with Crippen molar-refractivity contribution in [3.8, 4) is 0 Å². The monoisotopic (exact) mass is 266 g/mol. The molecule has 0 radical (unpaired) electrons. The Balaban J connectivity index is 1.79. The molecule has 4 nitrogen and oxygen atoms in total. The molecule has 19 heavy (non-hydrogen) atoms. The van der Waals surface area contributed by atoms with Crippen LogP contribution in [-0.2, 0) is 18.8 Å². The van der Waals surface area contributed by atoms with Gasteiger partial charge in [0.1, 0.15) is 5.78 Å². The van der Waals surface area contributed by atoms with Crippen molar-refractivity contribution in [2.24, 2.45) is 5.41 Å². The Bertz CT molecular complexity index is 382. The van der Waals surface area contributed by atoms with Crippen LogP contribution in [0.15, 0.2) is 0 Å². The summed E-state index contributed by atoms with van der Waals surface area (Å²) in [6.07, 6.45) is 2.23. The van der Waals surface area contributed by atoms with Gasteiger partial charge in [0.2, 0.25) is 0 Å². The third-order valence-corrected chi connectivity index (χ3v) is 5.66. The molecular weight excluding hydrogens is 243 g/mol. The van der Waals surface area contributed by atoms with Crippen LogP contribution in [0.4, 0.5) is 0 Å². The standard InChI is InChI=1S/C14H23BO4/c1-12(2)13(3,4)19-15(18-12)10-9-11(16)14(10)5-7-17-8-6-14/h10H,5-9H2,1-4H3. The predicted molar refractivity (Wildman–Crippen MR) is 71.9 cm³/mol. The van der Waals surface area contributed by atoms with Gasteiger partial charge in [-0.05, 0) is 40.5 Å². The van der Waals surface area contributed by atoms with E-state index < -0.39 is 0 Å². The van der Waals surface area contributed by atoms with Crippen LogP contribution in [0.25, 0.3) is 0 Å². The van der Waals surface area contributed by atoms with E-state index in [1.54, 1.807) is 0 Å². The zero-order valence-electron chi connectivity index (χ0n) is 12.3. The molecule has 0 N–H and O–H groups in total. The van der Waals surface area contributed by atoms with Crippen molar-refractivity contribution in [2.75, 3.05) is 13.2 Å². The molecule has 2 heterocycles. The first-order valence-electron chi connectivity index (χ1n) is 7.25. The highest BCUT2D eigenvalue weighted by atomic mass is 16.7. The first-order chi connectivity index (χ1) is 8.79. The molecule has 106 valence electrons. The molecule has 2 saturated heterocycles. The van der Waals surface area contributed by atoms with E-state index in [0.717, 1.165) is 12.8 Å². The van der Waals surface area contributed by atoms with Gasteiger partial charge in [0.05, 0.1) is 11.2 Å². The van der Waals surface area contributed by atoms with E-state index in [4.69, 9.17) is 14.0 Å². The molecule has 1 spiro atoms. The molecule has 1 unspecified atom stereocenters. The third-order valence-electron chi connectivity index (χ3n) is 5.66. The zero-order valence-corrected chi connectivity index (χ0v) is 12.3. The van der Waals surface area contributed by atoms with Gasteiger partial charge in [-0.25, -0.2) is 0 Å². The highest BCUT2D eigenvalue weighted by molar-refractivity contribution is 6.50. The minimum Gasteiger partial charge on any atom is -0.403 e. The number of rotatable bonds is 1. The van der Waals surface area contributed by atoms with E-state index in [1.165, 1.54) is 0 Å². The fourth-order valence-electron chi connectivity index (χ4n) is 3.47. The lowest BCUT2D eigenvalue weighted by molar-refractivity contribution is -0.147. The normalized spacial score (nSPS) is 35.5. The van der Waals surface area contributed by atoms with Gasteiger partial charge in [0.15, 0.2) is 0 Å². The van der Waals surface area contributed by atoms with Crippen LogP contribution in [0.2, 0.25) is 5.82 Å². The summed E-state index contributed by atoms with van der Waals surface area (Å²) in [4.78, 5) is 12.1. The molecule has 3 fully saturated rings. The van der Waals surface area contributed by atoms with E-state index in [9.17, 15) is 4.79 Å². The maximum absolute atomic E-state index is 12.1. The number of ketones is 1. The molecule has 1 saturated carbocycles. The summed E-state index contributed by atoms with van der Waals surface area (Å²) < 4.78 is 17.7. The molecule has 0 aromatic heterocycles. The molecule has 0 bridgehead atoms. The second kappa shape index (κ2) is 4.06. The Labute approximate surface area is 115 Å². The number of Topliss-reactive ketones (excluding diaryl/α,β-unsaturated/α-hetero) is 1. The van der Waals surface area contributed by atoms with Crippen LogP contribution in [0.3, 0.4) is 0 Å². The van der Waals surface area contributed by atoms with Crippen LogP contribution >= 0.6 is 0 Å². The van der Waals surface area contributed by atoms with Gasteiger partial charge in [0.25, 0.3) is 0 Å². The predicted octanol–water partition coefficient (Wildman–Crippen LogP) is 2.22. The summed E-state index contributed by atoms with van der Waals surface area (Å²) in [5.74, 6) is 0.570. The number of hydrogen-bond acceptors (Lipinski definition) is 4. The number of ether oxygens (including phenoxy) is 1. The first-order valence-corrected chi connectivity index (χ1v) is 7.25. The largest absolute Gasteiger partial charge is 0.462 e. The smallest absolute Gasteiger partial charge is 0.403 e. The van der Waals surface area contributed by atoms with Crippen molar-refractivity contribution < 1.29 is 18.8 Å². The minimum atomic E-state index is -0.317. The number of carbonyl (C=O) groups excluding carboxylic acids is 1. The van der Waals surface area contributed by atoms with Crippen LogP contribution in [0.1, 0.15) is 47.0 Å². The Morgan fingerprint density at radius 1 is 1.05 bits per heavy atom. The summed E-state index contributed by atoms with van der Waals surface area (Å²) in [6.45, 7) is 9.60. The van der Waals surface area contributed by atoms with Crippen LogP contribution in [-0.4, -0.2) is 37.3 Å². The lowest BCUT2D eigenvalue weighted by atomic mass is 9.43. The Morgan fingerprint density at radius 2 is 1.58 bits per heavy atom. The second-order valence-corrected chi connectivity index (χ2v) is 7.13. The molecule has 5 heteroatoms. The van der Waals surface area contributed by atoms with E-state index in [-0.39, 0.29) is 29.6 Å². The molecule has 0 aromatic rings. The van der Waals surface area contributed by atoms with Gasteiger partial charge >= 0.3 is 7.12 Å². The van der Waals surface area contributed by atoms with Gasteiger partial charge < -0.3 is 14.0 Å². The van der Waals surface area contributed by atoms with E-state index in [0.29, 0.717) is 25.4 Å². The molecular formula is C14H23BO4. The summed E-state index contributed by atoms with van der Waals surface area (Å²) in [7, 11) is -0.249. The van der Waals surface area contributed by atoms with Crippen molar-refractivity contribution >= 4 is 12.9 Å². The molecule has 0 amide bonds. The Morgan fingerprint density at radius 3 is 2.05 bits per heavy atom. The van der Waals surface area contributed by atoms with Crippen molar-refractivity contribution in [2.45, 2.75) is 64.0 Å². The van der Waals surface area contributed by atoms with Crippen LogP contribution in [0.5, 0.6) is 0 Å². The molecule has 3 aliphatic rings. The molecule has 1 atom stereocenters. The lowest BCUT2D eigenvalue weighted by Gasteiger charge is -2.50. The van der Waals surface area contributed by atoms with E-state index >= 15 is 0 Å². The molecule has 3 rings (SSSR count). The topological polar surface area (TPSA) is 44.8 Å². The summed E-state index contributed by atoms with van der Waals surface area (Å²) in [6, 6.07) is 0. The number of hydrogen-bond donors (Lipinski definition) is 0. The van der Waals surface area contributed by atoms with Crippen molar-refractivity contribution in [3.63, 3.8) is 0 Å². The SMILES string of the molecule is CC1(C)OB(C2CC(=O)C23CCOCC3)OC1(C)C. The van der Waals surface area contributed by atoms with Gasteiger partial charge in [-0.2, -0.15) is 0 Å². The van der Waals surface area contributed by atoms with Gasteiger partial charge in [-0.15, -0.1) is 0 Å². The second-order valence-electron chi connectivity index (χ2n) is 7.13. The molecule has 1 aliphatic carbocycles. The minimum absolute atomic E-state index is 0.199. The maximum Gasteiger partial charge on any atom is 0.462 e. The zero-order chi connectivity index (χ0) is 13.9. The average Bonchev–Trinajstić information content (AvgIpc) is 2.56. The Hall–Kier alpha value is -0.385. The lowest BCUT2D eigenvalue weighted by Crippen LogP contribution is -2.55. The highest BCUT2D eigenvalue weighted by Gasteiger charge is 2.65. The first kappa shape index (κ1) is 13.6. The highest BCUT2D eigenvalue weighted by Crippen LogP contribution is 2.58. The number of carbonyl (C=O) groups is 1. The maximum atomic E-state index is 12.1. The van der Waals surface area contributed by atoms with Gasteiger partial charge in [-0.3, -0.25) is 4.79 Å². The van der Waals surface area contributed by atoms with Crippen LogP contribution < -0.4 is 0 Å². The summed E-state index contributed by atoms with van der Waals surface area (Å²) >= 11 is 0. The Kier molecular flexibility index (Phi) is 2.90.